The topological polar surface area (TPSA) is 51.2 Å². The number of ketones is 1. The number of aryl methyl sites for hydroxylation is 1. The highest BCUT2D eigenvalue weighted by Crippen LogP contribution is 2.31. The predicted molar refractivity (Wildman–Crippen MR) is 65.2 cm³/mol. The maximum Gasteiger partial charge on any atom is 0.176 e. The van der Waals surface area contributed by atoms with E-state index in [9.17, 15) is 13.2 Å². The van der Waals surface area contributed by atoms with Crippen LogP contribution < -0.4 is 0 Å². The van der Waals surface area contributed by atoms with E-state index in [0.29, 0.717) is 15.6 Å². The normalized spacial score (nSPS) is 23.5. The average molecular weight is 279 g/mol. The second kappa shape index (κ2) is 4.13. The number of hydrogen-bond donors (Lipinski definition) is 0. The third-order valence-corrected chi connectivity index (χ3v) is 6.04. The summed E-state index contributed by atoms with van der Waals surface area (Å²) >= 11 is 7.11. The van der Waals surface area contributed by atoms with Crippen LogP contribution in [0.4, 0.5) is 0 Å². The number of sulfone groups is 1. The Balaban J connectivity index is 2.21. The molecular formula is C10H11ClO3S2. The summed E-state index contributed by atoms with van der Waals surface area (Å²) in [7, 11) is -3.00. The van der Waals surface area contributed by atoms with Crippen LogP contribution in [0.2, 0.25) is 4.34 Å². The highest BCUT2D eigenvalue weighted by Gasteiger charge is 2.34. The number of carbonyl (C=O) groups is 1. The number of hydrogen-bond acceptors (Lipinski definition) is 4. The Morgan fingerprint density at radius 2 is 2.25 bits per heavy atom. The molecule has 1 unspecified atom stereocenters. The first-order chi connectivity index (χ1) is 7.39. The molecule has 0 amide bonds. The molecule has 1 fully saturated rings. The highest BCUT2D eigenvalue weighted by atomic mass is 35.5. The predicted octanol–water partition coefficient (Wildman–Crippen LogP) is 2.33. The van der Waals surface area contributed by atoms with Crippen LogP contribution in [-0.2, 0) is 9.84 Å². The van der Waals surface area contributed by atoms with Gasteiger partial charge in [0, 0.05) is 5.92 Å². The molecule has 2 rings (SSSR count). The fraction of sp³-hybridized carbons (Fsp3) is 0.500. The molecule has 0 N–H and O–H groups in total. The van der Waals surface area contributed by atoms with Crippen molar-refractivity contribution >= 4 is 38.6 Å². The standard InChI is InChI=1S/C10H11ClO3S2/c1-6-4-8(15-10(6)11)9(12)7-2-3-16(13,14)5-7/h4,7H,2-3,5H2,1H3. The summed E-state index contributed by atoms with van der Waals surface area (Å²) in [5.41, 5.74) is 0.871. The minimum Gasteiger partial charge on any atom is -0.293 e. The summed E-state index contributed by atoms with van der Waals surface area (Å²) in [4.78, 5) is 12.6. The van der Waals surface area contributed by atoms with Gasteiger partial charge >= 0.3 is 0 Å². The Hall–Kier alpha value is -0.390. The fourth-order valence-electron chi connectivity index (χ4n) is 1.78. The van der Waals surface area contributed by atoms with Crippen LogP contribution in [0.3, 0.4) is 0 Å². The van der Waals surface area contributed by atoms with Crippen molar-refractivity contribution in [2.45, 2.75) is 13.3 Å². The van der Waals surface area contributed by atoms with Crippen molar-refractivity contribution in [3.63, 3.8) is 0 Å². The monoisotopic (exact) mass is 278 g/mol. The third kappa shape index (κ3) is 2.31. The SMILES string of the molecule is Cc1cc(C(=O)C2CCS(=O)(=O)C2)sc1Cl. The number of carbonyl (C=O) groups excluding carboxylic acids is 1. The molecule has 1 aliphatic heterocycles. The van der Waals surface area contributed by atoms with Crippen molar-refractivity contribution < 1.29 is 13.2 Å². The van der Waals surface area contributed by atoms with Crippen LogP contribution in [0.1, 0.15) is 21.7 Å². The molecule has 1 atom stereocenters. The van der Waals surface area contributed by atoms with E-state index in [1.165, 1.54) is 11.3 Å². The Labute approximate surface area is 103 Å². The van der Waals surface area contributed by atoms with E-state index in [1.807, 2.05) is 6.92 Å². The first-order valence-electron chi connectivity index (χ1n) is 4.89. The van der Waals surface area contributed by atoms with Gasteiger partial charge in [-0.25, -0.2) is 8.42 Å². The van der Waals surface area contributed by atoms with Crippen molar-refractivity contribution in [1.82, 2.24) is 0 Å². The lowest BCUT2D eigenvalue weighted by molar-refractivity contribution is 0.0937. The van der Waals surface area contributed by atoms with Gasteiger partial charge in [0.2, 0.25) is 0 Å². The summed E-state index contributed by atoms with van der Waals surface area (Å²) in [5, 5.41) is 0. The molecule has 0 saturated carbocycles. The molecule has 6 heteroatoms. The third-order valence-electron chi connectivity index (χ3n) is 2.70. The number of thiophene rings is 1. The molecule has 2 heterocycles. The van der Waals surface area contributed by atoms with Crippen LogP contribution in [0.5, 0.6) is 0 Å². The van der Waals surface area contributed by atoms with Gasteiger partial charge in [-0.05, 0) is 25.0 Å². The smallest absolute Gasteiger partial charge is 0.176 e. The lowest BCUT2D eigenvalue weighted by atomic mass is 10.0. The molecule has 16 heavy (non-hydrogen) atoms. The van der Waals surface area contributed by atoms with Gasteiger partial charge in [0.05, 0.1) is 20.7 Å². The molecule has 3 nitrogen and oxygen atoms in total. The van der Waals surface area contributed by atoms with Crippen LogP contribution in [0, 0.1) is 12.8 Å². The number of Topliss-reactive ketones (excluding diaryl/α,β-unsaturated/α-hetero) is 1. The zero-order valence-corrected chi connectivity index (χ0v) is 11.1. The summed E-state index contributed by atoms with van der Waals surface area (Å²) in [6.45, 7) is 1.83. The largest absolute Gasteiger partial charge is 0.293 e. The second-order valence-corrected chi connectivity index (χ2v) is 7.91. The Morgan fingerprint density at radius 3 is 2.69 bits per heavy atom. The minimum atomic E-state index is -3.00. The highest BCUT2D eigenvalue weighted by molar-refractivity contribution is 7.91. The molecule has 1 aromatic heterocycles. The molecule has 1 saturated heterocycles. The number of halogens is 1. The van der Waals surface area contributed by atoms with Gasteiger partial charge in [0.25, 0.3) is 0 Å². The van der Waals surface area contributed by atoms with E-state index in [1.54, 1.807) is 6.07 Å². The summed E-state index contributed by atoms with van der Waals surface area (Å²) in [6.07, 6.45) is 0.440. The summed E-state index contributed by atoms with van der Waals surface area (Å²) < 4.78 is 23.1. The quantitative estimate of drug-likeness (QED) is 0.780. The fourth-order valence-corrected chi connectivity index (χ4v) is 4.75. The molecule has 0 aromatic carbocycles. The first-order valence-corrected chi connectivity index (χ1v) is 7.91. The Morgan fingerprint density at radius 1 is 1.56 bits per heavy atom. The van der Waals surface area contributed by atoms with E-state index in [2.05, 4.69) is 0 Å². The molecule has 0 aliphatic carbocycles. The van der Waals surface area contributed by atoms with Crippen LogP contribution in [0.15, 0.2) is 6.07 Å². The zero-order valence-electron chi connectivity index (χ0n) is 8.70. The first kappa shape index (κ1) is 12.1. The van der Waals surface area contributed by atoms with Crippen molar-refractivity contribution in [1.29, 1.82) is 0 Å². The molecule has 1 aliphatic rings. The molecule has 0 radical (unpaired) electrons. The van der Waals surface area contributed by atoms with Gasteiger partial charge in [-0.15, -0.1) is 11.3 Å². The van der Waals surface area contributed by atoms with Crippen molar-refractivity contribution in [2.75, 3.05) is 11.5 Å². The van der Waals surface area contributed by atoms with Crippen molar-refractivity contribution in [2.24, 2.45) is 5.92 Å². The maximum atomic E-state index is 12.0. The summed E-state index contributed by atoms with van der Waals surface area (Å²) in [6, 6.07) is 1.74. The van der Waals surface area contributed by atoms with Gasteiger partial charge in [-0.3, -0.25) is 4.79 Å². The Bertz CT molecular complexity index is 511. The molecule has 0 bridgehead atoms. The van der Waals surface area contributed by atoms with Gasteiger partial charge in [0.15, 0.2) is 15.6 Å². The van der Waals surface area contributed by atoms with Gasteiger partial charge in [-0.2, -0.15) is 0 Å². The van der Waals surface area contributed by atoms with E-state index in [-0.39, 0.29) is 23.2 Å². The maximum absolute atomic E-state index is 12.0. The van der Waals surface area contributed by atoms with Crippen molar-refractivity contribution in [3.05, 3.63) is 20.8 Å². The van der Waals surface area contributed by atoms with Gasteiger partial charge in [0.1, 0.15) is 0 Å². The summed E-state index contributed by atoms with van der Waals surface area (Å²) in [5.74, 6) is -0.345. The van der Waals surface area contributed by atoms with Gasteiger partial charge < -0.3 is 0 Å². The van der Waals surface area contributed by atoms with E-state index >= 15 is 0 Å². The van der Waals surface area contributed by atoms with Crippen molar-refractivity contribution in [3.8, 4) is 0 Å². The van der Waals surface area contributed by atoms with E-state index in [0.717, 1.165) is 5.56 Å². The molecular weight excluding hydrogens is 268 g/mol. The van der Waals surface area contributed by atoms with Crippen LogP contribution >= 0.6 is 22.9 Å². The zero-order chi connectivity index (χ0) is 11.9. The van der Waals surface area contributed by atoms with E-state index in [4.69, 9.17) is 11.6 Å². The molecule has 1 aromatic rings. The molecule has 88 valence electrons. The van der Waals surface area contributed by atoms with E-state index < -0.39 is 9.84 Å². The average Bonchev–Trinajstić information content (AvgIpc) is 2.70. The second-order valence-electron chi connectivity index (χ2n) is 4.03. The van der Waals surface area contributed by atoms with Crippen LogP contribution in [-0.4, -0.2) is 25.7 Å². The lowest BCUT2D eigenvalue weighted by Crippen LogP contribution is -2.15. The molecule has 0 spiro atoms. The lowest BCUT2D eigenvalue weighted by Gasteiger charge is -2.02. The van der Waals surface area contributed by atoms with Gasteiger partial charge in [-0.1, -0.05) is 11.6 Å². The minimum absolute atomic E-state index is 0.0135. The van der Waals surface area contributed by atoms with Crippen LogP contribution in [0.25, 0.3) is 0 Å². The Kier molecular flexibility index (Phi) is 3.11. The number of rotatable bonds is 2.